The quantitative estimate of drug-likeness (QED) is 0.584. The third-order valence-electron chi connectivity index (χ3n) is 3.79. The number of guanidine groups is 1. The summed E-state index contributed by atoms with van der Waals surface area (Å²) in [4.78, 5) is 4.20. The summed E-state index contributed by atoms with van der Waals surface area (Å²) in [6.07, 6.45) is 1.16. The summed E-state index contributed by atoms with van der Waals surface area (Å²) in [6.45, 7) is 6.73. The minimum Gasteiger partial charge on any atom is -0.384 e. The van der Waals surface area contributed by atoms with Gasteiger partial charge in [-0.1, -0.05) is 13.8 Å². The summed E-state index contributed by atoms with van der Waals surface area (Å²) in [5, 5.41) is 21.0. The van der Waals surface area contributed by atoms with Gasteiger partial charge in [-0.15, -0.1) is 0 Å². The Labute approximate surface area is 119 Å². The van der Waals surface area contributed by atoms with Crippen molar-refractivity contribution >= 4 is 17.3 Å². The summed E-state index contributed by atoms with van der Waals surface area (Å²) in [6, 6.07) is 2.43. The summed E-state index contributed by atoms with van der Waals surface area (Å²) >= 11 is 1.59. The highest BCUT2D eigenvalue weighted by Gasteiger charge is 2.46. The van der Waals surface area contributed by atoms with Gasteiger partial charge >= 0.3 is 0 Å². The first-order valence-electron chi connectivity index (χ1n) is 6.57. The van der Waals surface area contributed by atoms with Gasteiger partial charge in [0.2, 0.25) is 0 Å². The molecule has 2 rings (SSSR count). The van der Waals surface area contributed by atoms with Crippen molar-refractivity contribution in [3.8, 4) is 0 Å². The average Bonchev–Trinajstić information content (AvgIpc) is 2.80. The number of hydrogen-bond donors (Lipinski definition) is 3. The number of nitrogens with zero attached hydrogens (tertiary/aromatic N) is 1. The zero-order valence-corrected chi connectivity index (χ0v) is 12.8. The lowest BCUT2D eigenvalue weighted by atomic mass is 9.99. The molecule has 0 aliphatic heterocycles. The van der Waals surface area contributed by atoms with Gasteiger partial charge in [-0.25, -0.2) is 0 Å². The number of rotatable bonds is 4. The van der Waals surface area contributed by atoms with Crippen molar-refractivity contribution in [2.45, 2.75) is 38.8 Å². The summed E-state index contributed by atoms with van der Waals surface area (Å²) < 4.78 is 0. The van der Waals surface area contributed by atoms with E-state index in [2.05, 4.69) is 29.5 Å². The predicted octanol–water partition coefficient (Wildman–Crippen LogP) is 1.92. The first kappa shape index (κ1) is 14.3. The van der Waals surface area contributed by atoms with Gasteiger partial charge in [0.15, 0.2) is 5.96 Å². The summed E-state index contributed by atoms with van der Waals surface area (Å²) in [5.41, 5.74) is 0.414. The fourth-order valence-corrected chi connectivity index (χ4v) is 2.78. The molecule has 0 bridgehead atoms. The van der Waals surface area contributed by atoms with Crippen LogP contribution in [0.1, 0.15) is 32.8 Å². The minimum atomic E-state index is -0.878. The predicted molar refractivity (Wildman–Crippen MR) is 80.6 cm³/mol. The van der Waals surface area contributed by atoms with E-state index in [9.17, 15) is 5.11 Å². The number of thiophene rings is 1. The highest BCUT2D eigenvalue weighted by atomic mass is 32.1. The molecule has 0 saturated heterocycles. The topological polar surface area (TPSA) is 56.7 Å². The van der Waals surface area contributed by atoms with Crippen molar-refractivity contribution < 1.29 is 5.11 Å². The van der Waals surface area contributed by atoms with E-state index in [0.29, 0.717) is 18.0 Å². The van der Waals surface area contributed by atoms with Gasteiger partial charge in [0.25, 0.3) is 0 Å². The van der Waals surface area contributed by atoms with E-state index >= 15 is 0 Å². The largest absolute Gasteiger partial charge is 0.384 e. The van der Waals surface area contributed by atoms with E-state index in [-0.39, 0.29) is 0 Å². The molecule has 1 aromatic heterocycles. The van der Waals surface area contributed by atoms with Crippen LogP contribution in [-0.2, 0) is 5.60 Å². The Bertz CT molecular complexity index is 451. The second kappa shape index (κ2) is 5.13. The molecule has 1 saturated carbocycles. The number of hydrogen-bond acceptors (Lipinski definition) is 3. The summed E-state index contributed by atoms with van der Waals surface area (Å²) in [7, 11) is 1.75. The monoisotopic (exact) mass is 281 g/mol. The van der Waals surface area contributed by atoms with Gasteiger partial charge in [-0.05, 0) is 41.1 Å². The standard InChI is InChI=1S/C14H23N3OS/c1-13(2)7-11(13)17-12(15-4)16-9-14(3,18)10-5-6-19-8-10/h5-6,8,11,18H,7,9H2,1-4H3,(H2,15,16,17). The molecule has 106 valence electrons. The van der Waals surface area contributed by atoms with E-state index in [4.69, 9.17) is 0 Å². The second-order valence-corrected chi connectivity index (χ2v) is 6.88. The van der Waals surface area contributed by atoms with Crippen LogP contribution in [0.15, 0.2) is 21.8 Å². The van der Waals surface area contributed by atoms with E-state index in [1.54, 1.807) is 18.4 Å². The second-order valence-electron chi connectivity index (χ2n) is 6.10. The molecule has 0 amide bonds. The lowest BCUT2D eigenvalue weighted by Gasteiger charge is -2.24. The SMILES string of the molecule is CN=C(NCC(C)(O)c1ccsc1)NC1CC1(C)C. The van der Waals surface area contributed by atoms with Crippen LogP contribution >= 0.6 is 11.3 Å². The lowest BCUT2D eigenvalue weighted by molar-refractivity contribution is 0.0621. The van der Waals surface area contributed by atoms with Gasteiger partial charge in [0, 0.05) is 13.1 Å². The van der Waals surface area contributed by atoms with E-state index in [0.717, 1.165) is 17.9 Å². The smallest absolute Gasteiger partial charge is 0.191 e. The fraction of sp³-hybridized carbons (Fsp3) is 0.643. The molecule has 19 heavy (non-hydrogen) atoms. The van der Waals surface area contributed by atoms with Crippen LogP contribution in [0.25, 0.3) is 0 Å². The third-order valence-corrected chi connectivity index (χ3v) is 4.47. The van der Waals surface area contributed by atoms with Gasteiger partial charge in [0.05, 0.1) is 6.54 Å². The maximum absolute atomic E-state index is 10.4. The van der Waals surface area contributed by atoms with Gasteiger partial charge in [0.1, 0.15) is 5.60 Å². The number of nitrogens with one attached hydrogen (secondary N) is 2. The van der Waals surface area contributed by atoms with Crippen LogP contribution < -0.4 is 10.6 Å². The van der Waals surface area contributed by atoms with Gasteiger partial charge < -0.3 is 15.7 Å². The van der Waals surface area contributed by atoms with Crippen LogP contribution in [0.3, 0.4) is 0 Å². The molecule has 2 unspecified atom stereocenters. The highest BCUT2D eigenvalue weighted by molar-refractivity contribution is 7.08. The van der Waals surface area contributed by atoms with E-state index < -0.39 is 5.60 Å². The summed E-state index contributed by atoms with van der Waals surface area (Å²) in [5.74, 6) is 0.756. The Kier molecular flexibility index (Phi) is 3.87. The fourth-order valence-electron chi connectivity index (χ4n) is 2.00. The van der Waals surface area contributed by atoms with Crippen LogP contribution in [-0.4, -0.2) is 30.7 Å². The Morgan fingerprint density at radius 1 is 1.63 bits per heavy atom. The lowest BCUT2D eigenvalue weighted by Crippen LogP contribution is -2.45. The molecular weight excluding hydrogens is 258 g/mol. The van der Waals surface area contributed by atoms with Crippen molar-refractivity contribution in [2.75, 3.05) is 13.6 Å². The van der Waals surface area contributed by atoms with E-state index in [1.165, 1.54) is 0 Å². The molecule has 3 N–H and O–H groups in total. The van der Waals surface area contributed by atoms with Crippen LogP contribution in [0.5, 0.6) is 0 Å². The van der Waals surface area contributed by atoms with Crippen LogP contribution in [0, 0.1) is 5.41 Å². The van der Waals surface area contributed by atoms with Crippen molar-refractivity contribution in [1.82, 2.24) is 10.6 Å². The van der Waals surface area contributed by atoms with Crippen molar-refractivity contribution in [2.24, 2.45) is 10.4 Å². The first-order chi connectivity index (χ1) is 8.85. The molecule has 1 heterocycles. The Morgan fingerprint density at radius 2 is 2.32 bits per heavy atom. The van der Waals surface area contributed by atoms with Gasteiger partial charge in [-0.3, -0.25) is 4.99 Å². The maximum atomic E-state index is 10.4. The highest BCUT2D eigenvalue weighted by Crippen LogP contribution is 2.44. The average molecular weight is 281 g/mol. The Morgan fingerprint density at radius 3 is 2.79 bits per heavy atom. The number of aliphatic imine (C=N–C) groups is 1. The maximum Gasteiger partial charge on any atom is 0.191 e. The molecule has 5 heteroatoms. The Hall–Kier alpha value is -1.07. The van der Waals surface area contributed by atoms with Crippen molar-refractivity contribution in [1.29, 1.82) is 0 Å². The molecular formula is C14H23N3OS. The van der Waals surface area contributed by atoms with Crippen molar-refractivity contribution in [3.63, 3.8) is 0 Å². The molecule has 0 radical (unpaired) electrons. The van der Waals surface area contributed by atoms with Crippen LogP contribution in [0.2, 0.25) is 0 Å². The zero-order chi connectivity index (χ0) is 14.1. The molecule has 0 aromatic carbocycles. The normalized spacial score (nSPS) is 24.7. The number of aliphatic hydroxyl groups is 1. The molecule has 1 aliphatic rings. The molecule has 1 aromatic rings. The molecule has 0 spiro atoms. The molecule has 2 atom stereocenters. The zero-order valence-electron chi connectivity index (χ0n) is 12.0. The van der Waals surface area contributed by atoms with Gasteiger partial charge in [-0.2, -0.15) is 11.3 Å². The van der Waals surface area contributed by atoms with Crippen LogP contribution in [0.4, 0.5) is 0 Å². The third kappa shape index (κ3) is 3.48. The Balaban J connectivity index is 1.87. The minimum absolute atomic E-state index is 0.355. The first-order valence-corrected chi connectivity index (χ1v) is 7.52. The molecule has 4 nitrogen and oxygen atoms in total. The van der Waals surface area contributed by atoms with Crippen molar-refractivity contribution in [3.05, 3.63) is 22.4 Å². The molecule has 1 fully saturated rings. The molecule has 1 aliphatic carbocycles. The van der Waals surface area contributed by atoms with E-state index in [1.807, 2.05) is 23.8 Å².